The molecule has 0 aromatic carbocycles. The Labute approximate surface area is 96.3 Å². The molecule has 6 heteroatoms. The molecule has 2 rings (SSSR count). The number of thiophene rings is 1. The van der Waals surface area contributed by atoms with Crippen molar-refractivity contribution in [2.45, 2.75) is 24.0 Å². The predicted octanol–water partition coefficient (Wildman–Crippen LogP) is 3.05. The van der Waals surface area contributed by atoms with E-state index in [9.17, 15) is 8.42 Å². The van der Waals surface area contributed by atoms with Crippen LogP contribution in [0.3, 0.4) is 0 Å². The molecule has 1 aromatic rings. The van der Waals surface area contributed by atoms with Crippen LogP contribution in [-0.4, -0.2) is 13.2 Å². The van der Waals surface area contributed by atoms with Crippen molar-refractivity contribution in [1.29, 1.82) is 0 Å². The van der Waals surface area contributed by atoms with Gasteiger partial charge in [0, 0.05) is 10.7 Å². The van der Waals surface area contributed by atoms with E-state index in [0.29, 0.717) is 23.6 Å². The van der Waals surface area contributed by atoms with Gasteiger partial charge in [0.25, 0.3) is 0 Å². The van der Waals surface area contributed by atoms with Crippen LogP contribution in [0.5, 0.6) is 0 Å². The molecule has 0 atom stereocenters. The van der Waals surface area contributed by atoms with Crippen LogP contribution in [-0.2, 0) is 15.5 Å². The highest BCUT2D eigenvalue weighted by molar-refractivity contribution is 8.15. The van der Waals surface area contributed by atoms with Gasteiger partial charge in [0.15, 0.2) is 0 Å². The Balaban J connectivity index is 2.25. The quantitative estimate of drug-likeness (QED) is 0.792. The molecule has 78 valence electrons. The van der Waals surface area contributed by atoms with Gasteiger partial charge in [-0.1, -0.05) is 11.6 Å². The third-order valence-corrected chi connectivity index (χ3v) is 6.35. The summed E-state index contributed by atoms with van der Waals surface area (Å²) in [5, 5.41) is 1.86. The molecular formula is C8H8Cl2O2S2. The maximum Gasteiger partial charge on any atom is 0.238 e. The fraction of sp³-hybridized carbons (Fsp3) is 0.500. The van der Waals surface area contributed by atoms with Crippen molar-refractivity contribution in [3.63, 3.8) is 0 Å². The SMILES string of the molecule is O=S(=O)(Cl)C1(Cc2ccsc2Cl)CC1. The largest absolute Gasteiger partial charge is 0.238 e. The standard InChI is InChI=1S/C8H8Cl2O2S2/c9-7-6(1-4-13-7)5-8(2-3-8)14(10,11)12/h1,4H,2-3,5H2. The Morgan fingerprint density at radius 3 is 2.50 bits per heavy atom. The molecule has 1 saturated carbocycles. The minimum Gasteiger partial charge on any atom is -0.212 e. The smallest absolute Gasteiger partial charge is 0.212 e. The van der Waals surface area contributed by atoms with Gasteiger partial charge in [-0.05, 0) is 36.3 Å². The summed E-state index contributed by atoms with van der Waals surface area (Å²) in [5.41, 5.74) is 0.887. The Morgan fingerprint density at radius 2 is 2.14 bits per heavy atom. The van der Waals surface area contributed by atoms with Crippen LogP contribution < -0.4 is 0 Å². The Morgan fingerprint density at radius 1 is 1.50 bits per heavy atom. The lowest BCUT2D eigenvalue weighted by atomic mass is 10.2. The summed E-state index contributed by atoms with van der Waals surface area (Å²) in [5.74, 6) is 0. The lowest BCUT2D eigenvalue weighted by molar-refractivity contribution is 0.590. The van der Waals surface area contributed by atoms with Crippen molar-refractivity contribution in [2.24, 2.45) is 0 Å². The van der Waals surface area contributed by atoms with E-state index >= 15 is 0 Å². The first kappa shape index (κ1) is 10.7. The average Bonchev–Trinajstić information content (AvgIpc) is 2.73. The topological polar surface area (TPSA) is 34.1 Å². The van der Waals surface area contributed by atoms with Crippen molar-refractivity contribution < 1.29 is 8.42 Å². The van der Waals surface area contributed by atoms with Gasteiger partial charge in [0.1, 0.15) is 0 Å². The molecule has 0 aliphatic heterocycles. The van der Waals surface area contributed by atoms with E-state index in [-0.39, 0.29) is 0 Å². The minimum absolute atomic E-state index is 0.446. The van der Waals surface area contributed by atoms with Crippen molar-refractivity contribution in [2.75, 3.05) is 0 Å². The zero-order chi connectivity index (χ0) is 10.4. The minimum atomic E-state index is -3.47. The second-order valence-electron chi connectivity index (χ2n) is 3.52. The van der Waals surface area contributed by atoms with E-state index in [1.807, 2.05) is 11.4 Å². The highest BCUT2D eigenvalue weighted by Crippen LogP contribution is 2.49. The zero-order valence-corrected chi connectivity index (χ0v) is 10.3. The van der Waals surface area contributed by atoms with Gasteiger partial charge in [0.05, 0.1) is 9.08 Å². The van der Waals surface area contributed by atoms with Crippen molar-refractivity contribution in [3.8, 4) is 0 Å². The predicted molar refractivity (Wildman–Crippen MR) is 59.8 cm³/mol. The van der Waals surface area contributed by atoms with E-state index in [1.165, 1.54) is 11.3 Å². The molecule has 0 radical (unpaired) electrons. The van der Waals surface area contributed by atoms with E-state index < -0.39 is 13.8 Å². The number of rotatable bonds is 3. The Hall–Kier alpha value is 0.230. The molecule has 0 unspecified atom stereocenters. The molecular weight excluding hydrogens is 263 g/mol. The summed E-state index contributed by atoms with van der Waals surface area (Å²) in [6.45, 7) is 0. The lowest BCUT2D eigenvalue weighted by Gasteiger charge is -2.09. The van der Waals surface area contributed by atoms with Crippen LogP contribution in [0.2, 0.25) is 4.34 Å². The molecule has 1 fully saturated rings. The molecule has 0 amide bonds. The first-order valence-electron chi connectivity index (χ1n) is 4.11. The third kappa shape index (κ3) is 1.81. The fourth-order valence-corrected chi connectivity index (χ4v) is 3.91. The number of hydrogen-bond acceptors (Lipinski definition) is 3. The summed E-state index contributed by atoms with van der Waals surface area (Å²) in [4.78, 5) is 0. The van der Waals surface area contributed by atoms with Crippen LogP contribution >= 0.6 is 33.6 Å². The molecule has 1 aliphatic carbocycles. The molecule has 0 saturated heterocycles. The van der Waals surface area contributed by atoms with Crippen molar-refractivity contribution in [3.05, 3.63) is 21.3 Å². The summed E-state index contributed by atoms with van der Waals surface area (Å²) in [6.07, 6.45) is 1.73. The van der Waals surface area contributed by atoms with Gasteiger partial charge in [0.2, 0.25) is 9.05 Å². The van der Waals surface area contributed by atoms with Crippen LogP contribution in [0.1, 0.15) is 18.4 Å². The molecule has 1 heterocycles. The molecule has 0 spiro atoms. The summed E-state index contributed by atoms with van der Waals surface area (Å²) in [6, 6.07) is 1.86. The number of halogens is 2. The highest BCUT2D eigenvalue weighted by atomic mass is 35.7. The average molecular weight is 271 g/mol. The van der Waals surface area contributed by atoms with E-state index in [1.54, 1.807) is 0 Å². The van der Waals surface area contributed by atoms with E-state index in [2.05, 4.69) is 0 Å². The maximum atomic E-state index is 11.3. The van der Waals surface area contributed by atoms with Crippen molar-refractivity contribution in [1.82, 2.24) is 0 Å². The van der Waals surface area contributed by atoms with Gasteiger partial charge in [-0.2, -0.15) is 0 Å². The van der Waals surface area contributed by atoms with Gasteiger partial charge >= 0.3 is 0 Å². The lowest BCUT2D eigenvalue weighted by Crippen LogP contribution is -2.20. The maximum absolute atomic E-state index is 11.3. The van der Waals surface area contributed by atoms with E-state index in [4.69, 9.17) is 22.3 Å². The van der Waals surface area contributed by atoms with Gasteiger partial charge in [-0.25, -0.2) is 8.42 Å². The summed E-state index contributed by atoms with van der Waals surface area (Å²) in [7, 11) is 1.92. The Bertz CT molecular complexity index is 446. The normalized spacial score (nSPS) is 19.6. The second-order valence-corrected chi connectivity index (χ2v) is 8.00. The first-order valence-corrected chi connectivity index (χ1v) is 7.67. The molecule has 0 bridgehead atoms. The van der Waals surface area contributed by atoms with Crippen molar-refractivity contribution >= 4 is 42.7 Å². The summed E-state index contributed by atoms with van der Waals surface area (Å²) < 4.78 is 22.5. The summed E-state index contributed by atoms with van der Waals surface area (Å²) >= 11 is 7.32. The van der Waals surface area contributed by atoms with Gasteiger partial charge in [-0.15, -0.1) is 11.3 Å². The van der Waals surface area contributed by atoms with Crippen LogP contribution in [0, 0.1) is 0 Å². The Kier molecular flexibility index (Phi) is 2.59. The highest BCUT2D eigenvalue weighted by Gasteiger charge is 2.53. The third-order valence-electron chi connectivity index (χ3n) is 2.53. The van der Waals surface area contributed by atoms with Crippen LogP contribution in [0.4, 0.5) is 0 Å². The van der Waals surface area contributed by atoms with Crippen LogP contribution in [0.15, 0.2) is 11.4 Å². The number of hydrogen-bond donors (Lipinski definition) is 0. The molecule has 1 aliphatic rings. The molecule has 0 N–H and O–H groups in total. The van der Waals surface area contributed by atoms with E-state index in [0.717, 1.165) is 5.56 Å². The fourth-order valence-electron chi connectivity index (χ4n) is 1.44. The zero-order valence-electron chi connectivity index (χ0n) is 7.16. The van der Waals surface area contributed by atoms with Crippen LogP contribution in [0.25, 0.3) is 0 Å². The second kappa shape index (κ2) is 3.37. The first-order chi connectivity index (χ1) is 6.45. The molecule has 2 nitrogen and oxygen atoms in total. The molecule has 14 heavy (non-hydrogen) atoms. The molecule has 1 aromatic heterocycles. The van der Waals surface area contributed by atoms with Gasteiger partial charge in [-0.3, -0.25) is 0 Å². The van der Waals surface area contributed by atoms with Gasteiger partial charge < -0.3 is 0 Å². The monoisotopic (exact) mass is 270 g/mol.